The highest BCUT2D eigenvalue weighted by molar-refractivity contribution is 6.42. The van der Waals surface area contributed by atoms with Crippen molar-refractivity contribution in [2.24, 2.45) is 5.92 Å². The Labute approximate surface area is 159 Å². The van der Waals surface area contributed by atoms with Gasteiger partial charge in [-0.3, -0.25) is 9.59 Å². The van der Waals surface area contributed by atoms with Crippen molar-refractivity contribution >= 4 is 35.0 Å². The van der Waals surface area contributed by atoms with Crippen LogP contribution in [0.2, 0.25) is 10.0 Å². The molecule has 1 fully saturated rings. The van der Waals surface area contributed by atoms with Gasteiger partial charge in [0.2, 0.25) is 5.91 Å². The molecule has 25 heavy (non-hydrogen) atoms. The molecule has 2 atom stereocenters. The van der Waals surface area contributed by atoms with Crippen LogP contribution in [-0.4, -0.2) is 48.9 Å². The summed E-state index contributed by atoms with van der Waals surface area (Å²) >= 11 is 11.9. The molecule has 0 radical (unpaired) electrons. The van der Waals surface area contributed by atoms with E-state index in [1.807, 2.05) is 13.8 Å². The van der Waals surface area contributed by atoms with Crippen LogP contribution < -0.4 is 10.6 Å². The van der Waals surface area contributed by atoms with Crippen molar-refractivity contribution in [2.45, 2.75) is 32.7 Å². The van der Waals surface area contributed by atoms with Crippen LogP contribution in [-0.2, 0) is 4.79 Å². The molecule has 1 heterocycles. The summed E-state index contributed by atoms with van der Waals surface area (Å²) in [7, 11) is 0. The Morgan fingerprint density at radius 2 is 2.08 bits per heavy atom. The number of likely N-dealkylation sites (N-methyl/N-ethyl adjacent to an activating group) is 1. The Balaban J connectivity index is 1.94. The number of hydrogen-bond donors (Lipinski definition) is 2. The summed E-state index contributed by atoms with van der Waals surface area (Å²) in [5, 5.41) is 7.01. The number of nitrogens with one attached hydrogen (secondary N) is 2. The van der Waals surface area contributed by atoms with E-state index in [0.29, 0.717) is 35.2 Å². The number of hydrogen-bond acceptors (Lipinski definition) is 3. The van der Waals surface area contributed by atoms with Gasteiger partial charge in [-0.15, -0.1) is 0 Å². The minimum Gasteiger partial charge on any atom is -0.354 e. The predicted octanol–water partition coefficient (Wildman–Crippen LogP) is 2.96. The molecule has 1 aliphatic heterocycles. The molecule has 0 aromatic heterocycles. The molecule has 0 spiro atoms. The molecule has 0 aliphatic carbocycles. The highest BCUT2D eigenvalue weighted by Crippen LogP contribution is 2.25. The van der Waals surface area contributed by atoms with Crippen LogP contribution >= 0.6 is 23.2 Å². The highest BCUT2D eigenvalue weighted by Gasteiger charge is 2.29. The third-order valence-electron chi connectivity index (χ3n) is 4.38. The molecule has 1 aromatic rings. The molecule has 0 saturated carbocycles. The van der Waals surface area contributed by atoms with E-state index in [1.54, 1.807) is 23.1 Å². The number of carbonyl (C=O) groups excluding carboxylic acids is 2. The smallest absolute Gasteiger partial charge is 0.253 e. The minimum atomic E-state index is -0.172. The zero-order valence-electron chi connectivity index (χ0n) is 14.6. The summed E-state index contributed by atoms with van der Waals surface area (Å²) in [4.78, 5) is 26.8. The van der Waals surface area contributed by atoms with Gasteiger partial charge < -0.3 is 15.5 Å². The van der Waals surface area contributed by atoms with Gasteiger partial charge in [0.25, 0.3) is 5.91 Å². The Bertz CT molecular complexity index is 624. The molecular weight excluding hydrogens is 361 g/mol. The number of halogens is 2. The number of rotatable bonds is 6. The predicted molar refractivity (Wildman–Crippen MR) is 101 cm³/mol. The lowest BCUT2D eigenvalue weighted by molar-refractivity contribution is -0.126. The van der Waals surface area contributed by atoms with Gasteiger partial charge in [0.15, 0.2) is 0 Å². The maximum atomic E-state index is 12.7. The second kappa shape index (κ2) is 9.41. The van der Waals surface area contributed by atoms with Gasteiger partial charge in [-0.05, 0) is 44.5 Å². The van der Waals surface area contributed by atoms with Gasteiger partial charge in [0.1, 0.15) is 0 Å². The summed E-state index contributed by atoms with van der Waals surface area (Å²) in [5.41, 5.74) is 0.497. The lowest BCUT2D eigenvalue weighted by Crippen LogP contribution is -2.47. The van der Waals surface area contributed by atoms with Gasteiger partial charge in [-0.2, -0.15) is 0 Å². The van der Waals surface area contributed by atoms with E-state index in [9.17, 15) is 9.59 Å². The van der Waals surface area contributed by atoms with Crippen molar-refractivity contribution in [2.75, 3.05) is 26.2 Å². The highest BCUT2D eigenvalue weighted by atomic mass is 35.5. The molecule has 7 heteroatoms. The third-order valence-corrected chi connectivity index (χ3v) is 5.12. The maximum Gasteiger partial charge on any atom is 0.253 e. The summed E-state index contributed by atoms with van der Waals surface area (Å²) in [6.45, 7) is 6.60. The second-order valence-corrected chi connectivity index (χ2v) is 7.24. The first kappa shape index (κ1) is 20.0. The summed E-state index contributed by atoms with van der Waals surface area (Å²) < 4.78 is 0. The molecular formula is C18H25Cl2N3O2. The van der Waals surface area contributed by atoms with Crippen molar-refractivity contribution in [3.05, 3.63) is 33.8 Å². The van der Waals surface area contributed by atoms with Crippen LogP contribution in [0.1, 0.15) is 37.0 Å². The van der Waals surface area contributed by atoms with Gasteiger partial charge >= 0.3 is 0 Å². The van der Waals surface area contributed by atoms with E-state index in [4.69, 9.17) is 23.2 Å². The van der Waals surface area contributed by atoms with Crippen LogP contribution in [0.5, 0.6) is 0 Å². The molecule has 2 amide bonds. The second-order valence-electron chi connectivity index (χ2n) is 6.42. The number of amides is 2. The van der Waals surface area contributed by atoms with Crippen LogP contribution in [0.4, 0.5) is 0 Å². The SMILES string of the molecule is CCN[C@H](C)CNC(=O)C1CCCN(C(=O)c2ccc(Cl)c(Cl)c2)C1. The van der Waals surface area contributed by atoms with Crippen LogP contribution in [0.25, 0.3) is 0 Å². The quantitative estimate of drug-likeness (QED) is 0.790. The number of likely N-dealkylation sites (tertiary alicyclic amines) is 1. The standard InChI is InChI=1S/C18H25Cl2N3O2/c1-3-21-12(2)10-22-17(24)14-5-4-8-23(11-14)18(25)13-6-7-15(19)16(20)9-13/h6-7,9,12,14,21H,3-5,8,10-11H2,1-2H3,(H,22,24)/t12-,14?/m1/s1. The van der Waals surface area contributed by atoms with Gasteiger partial charge in [0, 0.05) is 31.2 Å². The Hall–Kier alpha value is -1.30. The van der Waals surface area contributed by atoms with E-state index in [-0.39, 0.29) is 23.8 Å². The first-order chi connectivity index (χ1) is 11.9. The average molecular weight is 386 g/mol. The first-order valence-corrected chi connectivity index (χ1v) is 9.43. The molecule has 1 aromatic carbocycles. The summed E-state index contributed by atoms with van der Waals surface area (Å²) in [5.74, 6) is -0.275. The zero-order chi connectivity index (χ0) is 18.4. The maximum absolute atomic E-state index is 12.7. The number of nitrogens with zero attached hydrogens (tertiary/aromatic N) is 1. The lowest BCUT2D eigenvalue weighted by Gasteiger charge is -2.32. The molecule has 1 unspecified atom stereocenters. The fraction of sp³-hybridized carbons (Fsp3) is 0.556. The normalized spacial score (nSPS) is 18.7. The number of benzene rings is 1. The fourth-order valence-electron chi connectivity index (χ4n) is 3.01. The monoisotopic (exact) mass is 385 g/mol. The lowest BCUT2D eigenvalue weighted by atomic mass is 9.96. The number of piperidine rings is 1. The van der Waals surface area contributed by atoms with Crippen molar-refractivity contribution in [1.29, 1.82) is 0 Å². The Morgan fingerprint density at radius 3 is 2.76 bits per heavy atom. The number of carbonyl (C=O) groups is 2. The van der Waals surface area contributed by atoms with E-state index in [2.05, 4.69) is 10.6 Å². The zero-order valence-corrected chi connectivity index (χ0v) is 16.2. The van der Waals surface area contributed by atoms with Crippen molar-refractivity contribution in [3.63, 3.8) is 0 Å². The molecule has 1 aliphatic rings. The third kappa shape index (κ3) is 5.59. The topological polar surface area (TPSA) is 61.4 Å². The molecule has 0 bridgehead atoms. The first-order valence-electron chi connectivity index (χ1n) is 8.67. The molecule has 138 valence electrons. The largest absolute Gasteiger partial charge is 0.354 e. The molecule has 2 N–H and O–H groups in total. The molecule has 1 saturated heterocycles. The average Bonchev–Trinajstić information content (AvgIpc) is 2.61. The van der Waals surface area contributed by atoms with Crippen molar-refractivity contribution in [1.82, 2.24) is 15.5 Å². The Kier molecular flexibility index (Phi) is 7.54. The molecule has 5 nitrogen and oxygen atoms in total. The minimum absolute atomic E-state index is 0.0105. The summed E-state index contributed by atoms with van der Waals surface area (Å²) in [6, 6.07) is 5.09. The van der Waals surface area contributed by atoms with Gasteiger partial charge in [-0.25, -0.2) is 0 Å². The van der Waals surface area contributed by atoms with E-state index in [0.717, 1.165) is 19.4 Å². The van der Waals surface area contributed by atoms with Crippen LogP contribution in [0.15, 0.2) is 18.2 Å². The molecule has 2 rings (SSSR count). The van der Waals surface area contributed by atoms with E-state index < -0.39 is 0 Å². The fourth-order valence-corrected chi connectivity index (χ4v) is 3.30. The Morgan fingerprint density at radius 1 is 1.32 bits per heavy atom. The van der Waals surface area contributed by atoms with Crippen molar-refractivity contribution < 1.29 is 9.59 Å². The van der Waals surface area contributed by atoms with Gasteiger partial charge in [0.05, 0.1) is 16.0 Å². The van der Waals surface area contributed by atoms with E-state index in [1.165, 1.54) is 0 Å². The van der Waals surface area contributed by atoms with Crippen LogP contribution in [0.3, 0.4) is 0 Å². The van der Waals surface area contributed by atoms with E-state index >= 15 is 0 Å². The van der Waals surface area contributed by atoms with Crippen LogP contribution in [0, 0.1) is 5.92 Å². The summed E-state index contributed by atoms with van der Waals surface area (Å²) in [6.07, 6.45) is 1.61. The van der Waals surface area contributed by atoms with Gasteiger partial charge in [-0.1, -0.05) is 30.1 Å². The van der Waals surface area contributed by atoms with Crippen molar-refractivity contribution in [3.8, 4) is 0 Å².